The van der Waals surface area contributed by atoms with Gasteiger partial charge in [0, 0.05) is 18.9 Å². The predicted molar refractivity (Wildman–Crippen MR) is 58.7 cm³/mol. The molecule has 5 heteroatoms. The van der Waals surface area contributed by atoms with Crippen molar-refractivity contribution in [3.8, 4) is 0 Å². The van der Waals surface area contributed by atoms with E-state index in [1.807, 2.05) is 12.2 Å². The molecule has 4 atom stereocenters. The lowest BCUT2D eigenvalue weighted by molar-refractivity contribution is -0.305. The van der Waals surface area contributed by atoms with Gasteiger partial charge in [-0.15, -0.1) is 0 Å². The highest BCUT2D eigenvalue weighted by atomic mass is 16.4. The van der Waals surface area contributed by atoms with Crippen molar-refractivity contribution in [2.75, 3.05) is 6.54 Å². The molecule has 1 saturated heterocycles. The van der Waals surface area contributed by atoms with Gasteiger partial charge >= 0.3 is 0 Å². The second kappa shape index (κ2) is 3.93. The molecule has 5 nitrogen and oxygen atoms in total. The van der Waals surface area contributed by atoms with Crippen molar-refractivity contribution in [3.63, 3.8) is 0 Å². The van der Waals surface area contributed by atoms with Gasteiger partial charge in [0.05, 0.1) is 11.8 Å². The molecule has 96 valence electrons. The summed E-state index contributed by atoms with van der Waals surface area (Å²) in [6.45, 7) is -0.0492. The molecule has 0 unspecified atom stereocenters. The Balaban J connectivity index is 1.83. The number of carbonyl (C=O) groups excluding carboxylic acids is 3. The van der Waals surface area contributed by atoms with Crippen molar-refractivity contribution in [2.24, 2.45) is 23.7 Å². The first-order chi connectivity index (χ1) is 8.59. The minimum atomic E-state index is -1.23. The summed E-state index contributed by atoms with van der Waals surface area (Å²) < 4.78 is 0. The molecule has 4 aliphatic rings. The zero-order chi connectivity index (χ0) is 12.9. The second-order valence-electron chi connectivity index (χ2n) is 5.29. The molecule has 18 heavy (non-hydrogen) atoms. The normalized spacial score (nSPS) is 37.2. The Hall–Kier alpha value is -1.65. The molecule has 1 heterocycles. The average molecular weight is 248 g/mol. The molecule has 0 radical (unpaired) electrons. The minimum Gasteiger partial charge on any atom is -0.550 e. The zero-order valence-electron chi connectivity index (χ0n) is 9.87. The van der Waals surface area contributed by atoms with Gasteiger partial charge in [-0.05, 0) is 24.7 Å². The number of fused-ring (bicyclic) bond motifs is 1. The number of hydrogen-bond donors (Lipinski definition) is 0. The highest BCUT2D eigenvalue weighted by molar-refractivity contribution is 6.06. The van der Waals surface area contributed by atoms with Crippen LogP contribution in [0.5, 0.6) is 0 Å². The van der Waals surface area contributed by atoms with Gasteiger partial charge in [-0.2, -0.15) is 0 Å². The fraction of sp³-hybridized carbons (Fsp3) is 0.615. The Morgan fingerprint density at radius 1 is 1.17 bits per heavy atom. The standard InChI is InChI=1S/C13H15NO4/c15-9(16)5-6-14-12(17)10-7-1-2-8(4-3-7)11(10)13(14)18/h1-2,7-8,10-11H,3-6H2,(H,15,16)/p-1/t7-,8+,10-,11-/m1/s1. The number of nitrogens with zero attached hydrogens (tertiary/aromatic N) is 1. The van der Waals surface area contributed by atoms with Crippen LogP contribution in [0.3, 0.4) is 0 Å². The third-order valence-electron chi connectivity index (χ3n) is 4.39. The first-order valence-corrected chi connectivity index (χ1v) is 6.33. The molecule has 0 aromatic heterocycles. The number of imide groups is 1. The average Bonchev–Trinajstić information content (AvgIpc) is 2.63. The summed E-state index contributed by atoms with van der Waals surface area (Å²) in [4.78, 5) is 36.0. The number of carboxylic acid groups (broad SMARTS) is 1. The Labute approximate surface area is 104 Å². The quantitative estimate of drug-likeness (QED) is 0.490. The summed E-state index contributed by atoms with van der Waals surface area (Å²) in [6.07, 6.45) is 5.72. The van der Waals surface area contributed by atoms with Crippen LogP contribution in [0.15, 0.2) is 12.2 Å². The largest absolute Gasteiger partial charge is 0.550 e. The maximum Gasteiger partial charge on any atom is 0.233 e. The summed E-state index contributed by atoms with van der Waals surface area (Å²) in [6, 6.07) is 0. The van der Waals surface area contributed by atoms with Crippen molar-refractivity contribution < 1.29 is 19.5 Å². The van der Waals surface area contributed by atoms with Gasteiger partial charge in [0.1, 0.15) is 0 Å². The molecule has 2 fully saturated rings. The predicted octanol–water partition coefficient (Wildman–Crippen LogP) is -0.676. The Bertz CT molecular complexity index is 424. The summed E-state index contributed by atoms with van der Waals surface area (Å²) in [7, 11) is 0. The lowest BCUT2D eigenvalue weighted by Gasteiger charge is -2.38. The number of amides is 2. The Kier molecular flexibility index (Phi) is 2.50. The Morgan fingerprint density at radius 3 is 2.06 bits per heavy atom. The summed E-state index contributed by atoms with van der Waals surface area (Å²) in [5.74, 6) is -1.79. The van der Waals surface area contributed by atoms with Crippen molar-refractivity contribution >= 4 is 17.8 Å². The highest BCUT2D eigenvalue weighted by Crippen LogP contribution is 2.49. The van der Waals surface area contributed by atoms with Gasteiger partial charge in [-0.25, -0.2) is 0 Å². The van der Waals surface area contributed by atoms with E-state index in [2.05, 4.69) is 0 Å². The zero-order valence-corrected chi connectivity index (χ0v) is 9.87. The SMILES string of the molecule is O=C([O-])CCN1C(=O)[C@H]2[C@H](C1=O)[C@H]1C=C[C@@H]2CC1. The van der Waals surface area contributed by atoms with E-state index >= 15 is 0 Å². The van der Waals surface area contributed by atoms with Crippen LogP contribution in [0.25, 0.3) is 0 Å². The maximum atomic E-state index is 12.2. The van der Waals surface area contributed by atoms with Gasteiger partial charge in [0.2, 0.25) is 11.8 Å². The molecule has 1 aliphatic heterocycles. The van der Waals surface area contributed by atoms with Gasteiger partial charge in [0.15, 0.2) is 0 Å². The van der Waals surface area contributed by atoms with Gasteiger partial charge in [0.25, 0.3) is 0 Å². The molecule has 2 amide bonds. The Morgan fingerprint density at radius 2 is 1.67 bits per heavy atom. The number of aliphatic carboxylic acids is 1. The van der Waals surface area contributed by atoms with E-state index in [0.29, 0.717) is 0 Å². The van der Waals surface area contributed by atoms with E-state index in [4.69, 9.17) is 0 Å². The van der Waals surface area contributed by atoms with Crippen LogP contribution in [0.4, 0.5) is 0 Å². The minimum absolute atomic E-state index is 0.0492. The topological polar surface area (TPSA) is 77.5 Å². The van der Waals surface area contributed by atoms with Crippen LogP contribution >= 0.6 is 0 Å². The van der Waals surface area contributed by atoms with Crippen molar-refractivity contribution in [3.05, 3.63) is 12.2 Å². The third kappa shape index (κ3) is 1.50. The van der Waals surface area contributed by atoms with E-state index < -0.39 is 5.97 Å². The van der Waals surface area contributed by atoms with Gasteiger partial charge < -0.3 is 9.90 Å². The van der Waals surface area contributed by atoms with Crippen LogP contribution < -0.4 is 5.11 Å². The smallest absolute Gasteiger partial charge is 0.233 e. The lowest BCUT2D eigenvalue weighted by atomic mass is 9.63. The fourth-order valence-corrected chi connectivity index (χ4v) is 3.56. The van der Waals surface area contributed by atoms with Crippen LogP contribution in [0, 0.1) is 23.7 Å². The lowest BCUT2D eigenvalue weighted by Crippen LogP contribution is -2.38. The number of carbonyl (C=O) groups is 3. The molecule has 1 saturated carbocycles. The van der Waals surface area contributed by atoms with E-state index in [9.17, 15) is 19.5 Å². The molecule has 0 aromatic carbocycles. The second-order valence-corrected chi connectivity index (χ2v) is 5.29. The molecular formula is C13H14NO4-. The number of allylic oxidation sites excluding steroid dienone is 2. The van der Waals surface area contributed by atoms with Crippen molar-refractivity contribution in [1.29, 1.82) is 0 Å². The summed E-state index contributed by atoms with van der Waals surface area (Å²) in [5.41, 5.74) is 0. The molecule has 0 spiro atoms. The highest BCUT2D eigenvalue weighted by Gasteiger charge is 2.56. The number of carboxylic acids is 1. The summed E-state index contributed by atoms with van der Waals surface area (Å²) in [5, 5.41) is 10.5. The first kappa shape index (κ1) is 11.4. The van der Waals surface area contributed by atoms with E-state index in [0.717, 1.165) is 17.7 Å². The molecule has 0 N–H and O–H groups in total. The number of hydrogen-bond acceptors (Lipinski definition) is 4. The monoisotopic (exact) mass is 248 g/mol. The van der Waals surface area contributed by atoms with Gasteiger partial charge in [-0.1, -0.05) is 12.2 Å². The molecule has 0 aromatic rings. The van der Waals surface area contributed by atoms with Crippen LogP contribution in [0.2, 0.25) is 0 Å². The molecule has 4 rings (SSSR count). The fourth-order valence-electron chi connectivity index (χ4n) is 3.56. The van der Waals surface area contributed by atoms with Crippen molar-refractivity contribution in [1.82, 2.24) is 4.90 Å². The number of rotatable bonds is 3. The summed E-state index contributed by atoms with van der Waals surface area (Å²) >= 11 is 0. The van der Waals surface area contributed by atoms with Crippen molar-refractivity contribution in [2.45, 2.75) is 19.3 Å². The van der Waals surface area contributed by atoms with Crippen LogP contribution in [-0.4, -0.2) is 29.2 Å². The molecular weight excluding hydrogens is 234 g/mol. The van der Waals surface area contributed by atoms with Gasteiger partial charge in [-0.3, -0.25) is 14.5 Å². The van der Waals surface area contributed by atoms with Crippen LogP contribution in [0.1, 0.15) is 19.3 Å². The molecule has 3 aliphatic carbocycles. The first-order valence-electron chi connectivity index (χ1n) is 6.33. The van der Waals surface area contributed by atoms with E-state index in [1.54, 1.807) is 0 Å². The van der Waals surface area contributed by atoms with E-state index in [-0.39, 0.29) is 48.5 Å². The van der Waals surface area contributed by atoms with Crippen LogP contribution in [-0.2, 0) is 14.4 Å². The van der Waals surface area contributed by atoms with E-state index in [1.165, 1.54) is 0 Å². The number of likely N-dealkylation sites (tertiary alicyclic amines) is 1. The third-order valence-corrected chi connectivity index (χ3v) is 4.39. The molecule has 2 bridgehead atoms. The maximum absolute atomic E-state index is 12.2.